The van der Waals surface area contributed by atoms with Gasteiger partial charge in [0.15, 0.2) is 6.61 Å². The van der Waals surface area contributed by atoms with Gasteiger partial charge in [-0.3, -0.25) is 4.79 Å². The quantitative estimate of drug-likeness (QED) is 0.356. The molecule has 0 aliphatic carbocycles. The molecule has 11 heteroatoms. The molecular weight excluding hydrogens is 424 g/mol. The van der Waals surface area contributed by atoms with Gasteiger partial charge in [-0.05, 0) is 23.6 Å². The van der Waals surface area contributed by atoms with Crippen LogP contribution in [0.15, 0.2) is 44.8 Å². The van der Waals surface area contributed by atoms with Crippen molar-refractivity contribution in [2.45, 2.75) is 19.4 Å². The van der Waals surface area contributed by atoms with Crippen LogP contribution in [0.4, 0.5) is 0 Å². The molecule has 0 saturated heterocycles. The molecule has 3 aromatic heterocycles. The normalized spacial score (nSPS) is 10.8. The Kier molecular flexibility index (Phi) is 6.22. The summed E-state index contributed by atoms with van der Waals surface area (Å²) >= 11 is 1.51. The van der Waals surface area contributed by atoms with Gasteiger partial charge in [0.25, 0.3) is 5.89 Å². The van der Waals surface area contributed by atoms with Crippen molar-refractivity contribution in [3.05, 3.63) is 47.5 Å². The lowest BCUT2D eigenvalue weighted by molar-refractivity contribution is -0.145. The molecule has 0 spiro atoms. The summed E-state index contributed by atoms with van der Waals surface area (Å²) in [5.74, 6) is 2.08. The van der Waals surface area contributed by atoms with Crippen molar-refractivity contribution in [3.63, 3.8) is 0 Å². The molecule has 31 heavy (non-hydrogen) atoms. The summed E-state index contributed by atoms with van der Waals surface area (Å²) in [6, 6.07) is 9.03. The number of esters is 1. The van der Waals surface area contributed by atoms with Crippen molar-refractivity contribution in [2.24, 2.45) is 0 Å². The number of nitrogens with zero attached hydrogens (tertiary/aromatic N) is 4. The topological polar surface area (TPSA) is 123 Å². The van der Waals surface area contributed by atoms with Crippen LogP contribution in [0, 0.1) is 0 Å². The smallest absolute Gasteiger partial charge is 0.306 e. The number of benzene rings is 1. The third kappa shape index (κ3) is 4.89. The first-order valence-corrected chi connectivity index (χ1v) is 10.1. The van der Waals surface area contributed by atoms with Crippen molar-refractivity contribution in [1.29, 1.82) is 0 Å². The molecule has 0 bridgehead atoms. The van der Waals surface area contributed by atoms with Crippen LogP contribution in [-0.2, 0) is 22.6 Å². The summed E-state index contributed by atoms with van der Waals surface area (Å²) in [5, 5.41) is 9.75. The average molecular weight is 442 g/mol. The summed E-state index contributed by atoms with van der Waals surface area (Å²) in [4.78, 5) is 21.5. The molecule has 4 rings (SSSR count). The van der Waals surface area contributed by atoms with Crippen LogP contribution in [0.25, 0.3) is 22.1 Å². The van der Waals surface area contributed by atoms with E-state index in [1.165, 1.54) is 18.4 Å². The van der Waals surface area contributed by atoms with Gasteiger partial charge >= 0.3 is 5.97 Å². The molecular formula is C20H18N4O6S. The van der Waals surface area contributed by atoms with Gasteiger partial charge in [0.1, 0.15) is 11.5 Å². The van der Waals surface area contributed by atoms with Crippen molar-refractivity contribution in [2.75, 3.05) is 14.2 Å². The van der Waals surface area contributed by atoms with Gasteiger partial charge in [-0.1, -0.05) is 16.4 Å². The largest absolute Gasteiger partial charge is 0.497 e. The highest BCUT2D eigenvalue weighted by Crippen LogP contribution is 2.31. The van der Waals surface area contributed by atoms with Crippen molar-refractivity contribution in [3.8, 4) is 33.6 Å². The number of ether oxygens (including phenoxy) is 3. The molecule has 4 aromatic rings. The highest BCUT2D eigenvalue weighted by Gasteiger charge is 2.16. The van der Waals surface area contributed by atoms with Crippen molar-refractivity contribution >= 4 is 17.3 Å². The fourth-order valence-corrected chi connectivity index (χ4v) is 3.34. The van der Waals surface area contributed by atoms with Crippen molar-refractivity contribution < 1.29 is 28.1 Å². The molecule has 0 unspecified atom stereocenters. The Hall–Kier alpha value is -3.73. The zero-order valence-electron chi connectivity index (χ0n) is 16.7. The van der Waals surface area contributed by atoms with E-state index in [4.69, 9.17) is 23.3 Å². The highest BCUT2D eigenvalue weighted by atomic mass is 32.1. The summed E-state index contributed by atoms with van der Waals surface area (Å²) in [6.45, 7) is -0.144. The Morgan fingerprint density at radius 2 is 1.84 bits per heavy atom. The molecule has 0 fully saturated rings. The van der Waals surface area contributed by atoms with Crippen LogP contribution in [-0.4, -0.2) is 40.5 Å². The Labute approximate surface area is 180 Å². The van der Waals surface area contributed by atoms with Crippen molar-refractivity contribution in [1.82, 2.24) is 20.3 Å². The van der Waals surface area contributed by atoms with Gasteiger partial charge in [0, 0.05) is 12.5 Å². The number of methoxy groups -OCH3 is 2. The van der Waals surface area contributed by atoms with E-state index in [1.54, 1.807) is 25.3 Å². The molecule has 0 amide bonds. The van der Waals surface area contributed by atoms with Crippen LogP contribution < -0.4 is 9.47 Å². The summed E-state index contributed by atoms with van der Waals surface area (Å²) in [7, 11) is 3.10. The highest BCUT2D eigenvalue weighted by molar-refractivity contribution is 7.13. The molecule has 10 nitrogen and oxygen atoms in total. The number of aromatic nitrogens is 4. The lowest BCUT2D eigenvalue weighted by atomic mass is 10.2. The molecule has 160 valence electrons. The van der Waals surface area contributed by atoms with E-state index < -0.39 is 5.97 Å². The first-order valence-electron chi connectivity index (χ1n) is 9.23. The number of hydrogen-bond acceptors (Lipinski definition) is 11. The minimum atomic E-state index is -0.447. The third-order valence-corrected chi connectivity index (χ3v) is 5.09. The molecule has 1 aromatic carbocycles. The lowest BCUT2D eigenvalue weighted by Gasteiger charge is -2.07. The Balaban J connectivity index is 1.30. The van der Waals surface area contributed by atoms with E-state index in [0.717, 1.165) is 4.88 Å². The maximum Gasteiger partial charge on any atom is 0.306 e. The second kappa shape index (κ2) is 9.39. The zero-order valence-corrected chi connectivity index (χ0v) is 17.5. The van der Waals surface area contributed by atoms with Crippen LogP contribution in [0.3, 0.4) is 0 Å². The van der Waals surface area contributed by atoms with Gasteiger partial charge in [0.05, 0.1) is 31.1 Å². The summed E-state index contributed by atoms with van der Waals surface area (Å²) in [6.07, 6.45) is 0.356. The maximum absolute atomic E-state index is 12.0. The number of thiophene rings is 1. The average Bonchev–Trinajstić information content (AvgIpc) is 3.57. The monoisotopic (exact) mass is 442 g/mol. The Morgan fingerprint density at radius 1 is 1.03 bits per heavy atom. The van der Waals surface area contributed by atoms with E-state index in [9.17, 15) is 4.79 Å². The van der Waals surface area contributed by atoms with Crippen LogP contribution in [0.2, 0.25) is 0 Å². The number of aryl methyl sites for hydroxylation is 1. The van der Waals surface area contributed by atoms with Gasteiger partial charge in [-0.15, -0.1) is 11.3 Å². The number of hydrogen-bond donors (Lipinski definition) is 0. The van der Waals surface area contributed by atoms with Gasteiger partial charge < -0.3 is 23.3 Å². The molecule has 3 heterocycles. The standard InChI is InChI=1S/C20H18N4O6S/c1-26-12-5-6-13(14(10-12)27-2)19-22-17(30-23-19)11-28-18(25)8-7-16-21-20(24-29-16)15-4-3-9-31-15/h3-6,9-10H,7-8,11H2,1-2H3. The zero-order chi connectivity index (χ0) is 21.6. The predicted molar refractivity (Wildman–Crippen MR) is 109 cm³/mol. The number of rotatable bonds is 9. The SMILES string of the molecule is COc1ccc(-c2noc(COC(=O)CCc3nc(-c4cccs4)no3)n2)c(OC)c1. The van der Waals surface area contributed by atoms with Gasteiger partial charge in [-0.25, -0.2) is 0 Å². The Bertz CT molecular complexity index is 1150. The fraction of sp³-hybridized carbons (Fsp3) is 0.250. The van der Waals surface area contributed by atoms with E-state index in [0.29, 0.717) is 34.6 Å². The van der Waals surface area contributed by atoms with E-state index in [2.05, 4.69) is 20.3 Å². The minimum Gasteiger partial charge on any atom is -0.497 e. The predicted octanol–water partition coefficient (Wildman–Crippen LogP) is 3.54. The summed E-state index contributed by atoms with van der Waals surface area (Å²) < 4.78 is 26.1. The fourth-order valence-electron chi connectivity index (χ4n) is 2.69. The molecule has 0 atom stereocenters. The molecule has 0 aliphatic rings. The third-order valence-electron chi connectivity index (χ3n) is 4.23. The second-order valence-electron chi connectivity index (χ2n) is 6.23. The molecule has 0 aliphatic heterocycles. The lowest BCUT2D eigenvalue weighted by Crippen LogP contribution is -2.06. The summed E-state index contributed by atoms with van der Waals surface area (Å²) in [5.41, 5.74) is 0.627. The van der Waals surface area contributed by atoms with Crippen LogP contribution in [0.1, 0.15) is 18.2 Å². The molecule has 0 saturated carbocycles. The number of carbonyl (C=O) groups is 1. The minimum absolute atomic E-state index is 0.0827. The van der Waals surface area contributed by atoms with E-state index in [-0.39, 0.29) is 25.3 Å². The second-order valence-corrected chi connectivity index (χ2v) is 7.18. The first kappa shape index (κ1) is 20.5. The van der Waals surface area contributed by atoms with E-state index in [1.807, 2.05) is 17.5 Å². The Morgan fingerprint density at radius 3 is 2.61 bits per heavy atom. The van der Waals surface area contributed by atoms with Crippen LogP contribution in [0.5, 0.6) is 11.5 Å². The van der Waals surface area contributed by atoms with Crippen LogP contribution >= 0.6 is 11.3 Å². The van der Waals surface area contributed by atoms with Gasteiger partial charge in [0.2, 0.25) is 17.5 Å². The van der Waals surface area contributed by atoms with Gasteiger partial charge in [-0.2, -0.15) is 9.97 Å². The molecule has 0 radical (unpaired) electrons. The first-order chi connectivity index (χ1) is 15.2. The number of carbonyl (C=O) groups excluding carboxylic acids is 1. The molecule has 0 N–H and O–H groups in total. The van der Waals surface area contributed by atoms with E-state index >= 15 is 0 Å². The maximum atomic E-state index is 12.0.